The van der Waals surface area contributed by atoms with Gasteiger partial charge in [-0.05, 0) is 18.2 Å². The van der Waals surface area contributed by atoms with E-state index in [9.17, 15) is 14.4 Å². The number of nitrogens with zero attached hydrogens (tertiary/aromatic N) is 2. The zero-order valence-electron chi connectivity index (χ0n) is 11.8. The van der Waals surface area contributed by atoms with E-state index in [1.807, 2.05) is 0 Å². The molecule has 1 aromatic heterocycles. The van der Waals surface area contributed by atoms with Gasteiger partial charge in [0.2, 0.25) is 5.54 Å². The number of imide groups is 1. The van der Waals surface area contributed by atoms with E-state index >= 15 is 0 Å². The van der Waals surface area contributed by atoms with Crippen LogP contribution < -0.4 is 15.5 Å². The van der Waals surface area contributed by atoms with E-state index < -0.39 is 23.4 Å². The van der Waals surface area contributed by atoms with E-state index in [0.717, 1.165) is 4.88 Å². The van der Waals surface area contributed by atoms with Crippen molar-refractivity contribution in [3.63, 3.8) is 0 Å². The molecule has 4 amide bonds. The monoisotopic (exact) mass is 382 g/mol. The van der Waals surface area contributed by atoms with Crippen molar-refractivity contribution in [2.75, 3.05) is 4.90 Å². The van der Waals surface area contributed by atoms with Crippen molar-refractivity contribution in [1.29, 1.82) is 0 Å². The fourth-order valence-corrected chi connectivity index (χ4v) is 4.07. The summed E-state index contributed by atoms with van der Waals surface area (Å²) in [7, 11) is 0. The lowest BCUT2D eigenvalue weighted by atomic mass is 9.91. The summed E-state index contributed by atoms with van der Waals surface area (Å²) in [4.78, 5) is 43.2. The number of nitrogens with one attached hydrogen (secondary N) is 2. The fraction of sp³-hybridized carbons (Fsp3) is 0.143. The molecule has 1 spiro atoms. The summed E-state index contributed by atoms with van der Waals surface area (Å²) in [5, 5.41) is 4.92. The first-order chi connectivity index (χ1) is 11.4. The van der Waals surface area contributed by atoms with Crippen LogP contribution in [0.2, 0.25) is 9.49 Å². The highest BCUT2D eigenvalue weighted by Gasteiger charge is 2.61. The Morgan fingerprint density at radius 1 is 1.25 bits per heavy atom. The number of fused-ring (bicyclic) bond motifs is 2. The molecule has 1 unspecified atom stereocenters. The number of aromatic nitrogens is 1. The molecule has 2 aliphatic rings. The van der Waals surface area contributed by atoms with Crippen molar-refractivity contribution < 1.29 is 14.4 Å². The quantitative estimate of drug-likeness (QED) is 0.613. The third-order valence-electron chi connectivity index (χ3n) is 3.93. The van der Waals surface area contributed by atoms with Crippen molar-refractivity contribution in [2.45, 2.75) is 12.1 Å². The first kappa shape index (κ1) is 15.4. The van der Waals surface area contributed by atoms with Gasteiger partial charge in [-0.2, -0.15) is 0 Å². The number of benzene rings is 1. The fourth-order valence-electron chi connectivity index (χ4n) is 2.94. The summed E-state index contributed by atoms with van der Waals surface area (Å²) >= 11 is 13.1. The van der Waals surface area contributed by atoms with Gasteiger partial charge in [-0.3, -0.25) is 14.9 Å². The minimum Gasteiger partial charge on any atom is -0.312 e. The topological polar surface area (TPSA) is 91.4 Å². The van der Waals surface area contributed by atoms with E-state index in [1.165, 1.54) is 22.3 Å². The highest BCUT2D eigenvalue weighted by atomic mass is 35.5. The summed E-state index contributed by atoms with van der Waals surface area (Å²) in [6.07, 6.45) is 1.56. The maximum Gasteiger partial charge on any atom is 0.323 e. The van der Waals surface area contributed by atoms with Crippen molar-refractivity contribution >= 4 is 58.1 Å². The molecule has 122 valence electrons. The van der Waals surface area contributed by atoms with Gasteiger partial charge in [0.05, 0.1) is 12.2 Å². The van der Waals surface area contributed by atoms with E-state index in [0.29, 0.717) is 20.7 Å². The van der Waals surface area contributed by atoms with Gasteiger partial charge in [-0.25, -0.2) is 9.78 Å². The SMILES string of the molecule is O=C1NC(=O)C2(N1)C(=O)N(Cc1cnc(Cl)s1)c1ccc(Cl)cc12. The maximum absolute atomic E-state index is 13.0. The minimum absolute atomic E-state index is 0.183. The van der Waals surface area contributed by atoms with Crippen molar-refractivity contribution in [3.05, 3.63) is 44.3 Å². The first-order valence-corrected chi connectivity index (χ1v) is 8.35. The number of hydrogen-bond acceptors (Lipinski definition) is 5. The Kier molecular flexibility index (Phi) is 3.31. The van der Waals surface area contributed by atoms with Crippen LogP contribution in [0.25, 0.3) is 0 Å². The Balaban J connectivity index is 1.85. The average molecular weight is 383 g/mol. The number of hydrogen-bond donors (Lipinski definition) is 2. The van der Waals surface area contributed by atoms with Crippen molar-refractivity contribution in [3.8, 4) is 0 Å². The van der Waals surface area contributed by atoms with Gasteiger partial charge in [-0.1, -0.05) is 23.2 Å². The number of carbonyl (C=O) groups excluding carboxylic acids is 3. The predicted octanol–water partition coefficient (Wildman–Crippen LogP) is 2.03. The van der Waals surface area contributed by atoms with Crippen LogP contribution in [0.15, 0.2) is 24.4 Å². The lowest BCUT2D eigenvalue weighted by Crippen LogP contribution is -2.52. The smallest absolute Gasteiger partial charge is 0.312 e. The molecule has 2 aliphatic heterocycles. The third kappa shape index (κ3) is 2.03. The molecule has 2 aromatic rings. The lowest BCUT2D eigenvalue weighted by molar-refractivity contribution is -0.134. The molecule has 24 heavy (non-hydrogen) atoms. The number of anilines is 1. The normalized spacial score (nSPS) is 22.1. The molecule has 3 heterocycles. The van der Waals surface area contributed by atoms with Gasteiger partial charge >= 0.3 is 6.03 Å². The Bertz CT molecular complexity index is 915. The summed E-state index contributed by atoms with van der Waals surface area (Å²) in [5.41, 5.74) is -0.934. The summed E-state index contributed by atoms with van der Waals surface area (Å²) in [6.45, 7) is 0.183. The van der Waals surface area contributed by atoms with Crippen LogP contribution in [0.3, 0.4) is 0 Å². The third-order valence-corrected chi connectivity index (χ3v) is 5.26. The number of halogens is 2. The molecule has 4 rings (SSSR count). The van der Waals surface area contributed by atoms with E-state index in [4.69, 9.17) is 23.2 Å². The molecule has 1 atom stereocenters. The van der Waals surface area contributed by atoms with Gasteiger partial charge in [0.25, 0.3) is 11.8 Å². The molecule has 0 saturated carbocycles. The maximum atomic E-state index is 13.0. The molecular weight excluding hydrogens is 375 g/mol. The summed E-state index contributed by atoms with van der Waals surface area (Å²) in [6, 6.07) is 4.06. The van der Waals surface area contributed by atoms with Crippen LogP contribution in [0.1, 0.15) is 10.4 Å². The highest BCUT2D eigenvalue weighted by molar-refractivity contribution is 7.15. The molecule has 7 nitrogen and oxygen atoms in total. The van der Waals surface area contributed by atoms with Gasteiger partial charge in [0.1, 0.15) is 0 Å². The predicted molar refractivity (Wildman–Crippen MR) is 88.1 cm³/mol. The molecule has 0 aliphatic carbocycles. The Morgan fingerprint density at radius 2 is 2.04 bits per heavy atom. The van der Waals surface area contributed by atoms with Crippen molar-refractivity contribution in [1.82, 2.24) is 15.6 Å². The minimum atomic E-state index is -1.79. The molecular formula is C14H8Cl2N4O3S. The standard InChI is InChI=1S/C14H8Cl2N4O3S/c15-6-1-2-9-8(3-6)14(10(21)18-13(23)19-14)11(22)20(9)5-7-4-17-12(16)24-7/h1-4H,5H2,(H2,18,19,21,23). The molecule has 2 N–H and O–H groups in total. The number of carbonyl (C=O) groups is 3. The Morgan fingerprint density at radius 3 is 2.67 bits per heavy atom. The van der Waals surface area contributed by atoms with Crippen LogP contribution in [0.4, 0.5) is 10.5 Å². The molecule has 0 bridgehead atoms. The molecule has 1 aromatic carbocycles. The van der Waals surface area contributed by atoms with Crippen molar-refractivity contribution in [2.24, 2.45) is 0 Å². The summed E-state index contributed by atoms with van der Waals surface area (Å²) in [5.74, 6) is -1.27. The number of rotatable bonds is 2. The van der Waals surface area contributed by atoms with Gasteiger partial charge in [0.15, 0.2) is 4.47 Å². The van der Waals surface area contributed by atoms with Crippen LogP contribution >= 0.6 is 34.5 Å². The second-order valence-corrected chi connectivity index (χ2v) is 7.42. The van der Waals surface area contributed by atoms with Crippen LogP contribution in [-0.2, 0) is 21.7 Å². The summed E-state index contributed by atoms with van der Waals surface area (Å²) < 4.78 is 0.356. The largest absolute Gasteiger partial charge is 0.323 e. The number of thiazole rings is 1. The second kappa shape index (κ2) is 5.17. The first-order valence-electron chi connectivity index (χ1n) is 6.77. The molecule has 1 fully saturated rings. The number of amides is 4. The number of urea groups is 1. The Hall–Kier alpha value is -2.16. The zero-order chi connectivity index (χ0) is 17.1. The van der Waals surface area contributed by atoms with E-state index in [1.54, 1.807) is 18.3 Å². The van der Waals surface area contributed by atoms with E-state index in [-0.39, 0.29) is 6.54 Å². The molecule has 1 saturated heterocycles. The van der Waals surface area contributed by atoms with Crippen LogP contribution in [-0.4, -0.2) is 22.8 Å². The van der Waals surface area contributed by atoms with Crippen LogP contribution in [0.5, 0.6) is 0 Å². The average Bonchev–Trinajstić information content (AvgIpc) is 3.13. The second-order valence-electron chi connectivity index (χ2n) is 5.29. The highest BCUT2D eigenvalue weighted by Crippen LogP contribution is 2.44. The molecule has 10 heteroatoms. The van der Waals surface area contributed by atoms with Gasteiger partial charge in [-0.15, -0.1) is 11.3 Å². The zero-order valence-corrected chi connectivity index (χ0v) is 14.1. The van der Waals surface area contributed by atoms with Crippen LogP contribution in [0, 0.1) is 0 Å². The van der Waals surface area contributed by atoms with Gasteiger partial charge in [0, 0.05) is 21.7 Å². The molecule has 0 radical (unpaired) electrons. The van der Waals surface area contributed by atoms with E-state index in [2.05, 4.69) is 15.6 Å². The lowest BCUT2D eigenvalue weighted by Gasteiger charge is -2.20. The Labute approximate surface area is 149 Å². The van der Waals surface area contributed by atoms with Gasteiger partial charge < -0.3 is 10.2 Å².